The van der Waals surface area contributed by atoms with Gasteiger partial charge >= 0.3 is 0 Å². The van der Waals surface area contributed by atoms with Crippen LogP contribution in [0.2, 0.25) is 0 Å². The molecule has 0 aromatic heterocycles. The van der Waals surface area contributed by atoms with Crippen LogP contribution in [0.15, 0.2) is 29.2 Å². The Balaban J connectivity index is 2.36. The third kappa shape index (κ3) is 5.62. The summed E-state index contributed by atoms with van der Waals surface area (Å²) in [6.07, 6.45) is 3.29. The van der Waals surface area contributed by atoms with Crippen molar-refractivity contribution < 1.29 is 8.42 Å². The van der Waals surface area contributed by atoms with E-state index in [4.69, 9.17) is 5.73 Å². The van der Waals surface area contributed by atoms with E-state index in [1.807, 2.05) is 19.1 Å². The average molecular weight is 270 g/mol. The predicted octanol–water partition coefficient (Wildman–Crippen LogP) is 1.31. The first-order chi connectivity index (χ1) is 8.39. The summed E-state index contributed by atoms with van der Waals surface area (Å²) in [5, 5.41) is 3.31. The number of nitrogens with one attached hydrogen (secondary N) is 1. The van der Waals surface area contributed by atoms with Gasteiger partial charge < -0.3 is 11.1 Å². The maximum absolute atomic E-state index is 11.3. The molecule has 1 aromatic carbocycles. The van der Waals surface area contributed by atoms with Gasteiger partial charge in [-0.25, -0.2) is 8.42 Å². The minimum atomic E-state index is -3.09. The molecule has 18 heavy (non-hydrogen) atoms. The molecule has 0 aliphatic rings. The topological polar surface area (TPSA) is 72.2 Å². The van der Waals surface area contributed by atoms with Crippen molar-refractivity contribution in [3.8, 4) is 0 Å². The lowest BCUT2D eigenvalue weighted by atomic mass is 10.2. The Bertz CT molecular complexity index is 452. The molecule has 1 unspecified atom stereocenters. The zero-order valence-corrected chi connectivity index (χ0v) is 11.8. The summed E-state index contributed by atoms with van der Waals surface area (Å²) in [5.41, 5.74) is 6.74. The summed E-state index contributed by atoms with van der Waals surface area (Å²) in [4.78, 5) is 0.364. The van der Waals surface area contributed by atoms with Crippen LogP contribution in [-0.4, -0.2) is 27.3 Å². The lowest BCUT2D eigenvalue weighted by molar-refractivity contribution is 0.574. The molecule has 1 aromatic rings. The summed E-state index contributed by atoms with van der Waals surface area (Å²) in [7, 11) is -3.09. The SMILES string of the molecule is CC(N)CCCNCc1ccc(S(C)(=O)=O)cc1. The number of rotatable bonds is 7. The second kappa shape index (κ2) is 6.87. The molecule has 0 radical (unpaired) electrons. The average Bonchev–Trinajstić information content (AvgIpc) is 2.27. The van der Waals surface area contributed by atoms with E-state index in [9.17, 15) is 8.42 Å². The zero-order chi connectivity index (χ0) is 13.6. The molecule has 0 heterocycles. The lowest BCUT2D eigenvalue weighted by Crippen LogP contribution is -2.19. The van der Waals surface area contributed by atoms with Crippen molar-refractivity contribution >= 4 is 9.84 Å². The highest BCUT2D eigenvalue weighted by atomic mass is 32.2. The Morgan fingerprint density at radius 1 is 1.28 bits per heavy atom. The summed E-state index contributed by atoms with van der Waals surface area (Å²) in [6, 6.07) is 7.23. The second-order valence-electron chi connectivity index (χ2n) is 4.71. The quantitative estimate of drug-likeness (QED) is 0.733. The molecule has 0 fully saturated rings. The molecule has 0 saturated heterocycles. The number of hydrogen-bond acceptors (Lipinski definition) is 4. The van der Waals surface area contributed by atoms with Crippen LogP contribution in [0.5, 0.6) is 0 Å². The van der Waals surface area contributed by atoms with E-state index < -0.39 is 9.84 Å². The highest BCUT2D eigenvalue weighted by Crippen LogP contribution is 2.10. The number of hydrogen-bond donors (Lipinski definition) is 2. The van der Waals surface area contributed by atoms with E-state index in [1.165, 1.54) is 6.26 Å². The molecule has 0 amide bonds. The second-order valence-corrected chi connectivity index (χ2v) is 6.73. The first kappa shape index (κ1) is 15.1. The van der Waals surface area contributed by atoms with Crippen molar-refractivity contribution in [2.24, 2.45) is 5.73 Å². The maximum atomic E-state index is 11.3. The van der Waals surface area contributed by atoms with Crippen LogP contribution in [0.3, 0.4) is 0 Å². The number of nitrogens with two attached hydrogens (primary N) is 1. The predicted molar refractivity (Wildman–Crippen MR) is 74.1 cm³/mol. The standard InChI is InChI=1S/C13H22N2O2S/c1-11(14)4-3-9-15-10-12-5-7-13(8-6-12)18(2,16)17/h5-8,11,15H,3-4,9-10,14H2,1-2H3. The molecule has 1 rings (SSSR count). The Morgan fingerprint density at radius 3 is 2.39 bits per heavy atom. The first-order valence-electron chi connectivity index (χ1n) is 6.15. The van der Waals surface area contributed by atoms with E-state index in [0.29, 0.717) is 4.90 Å². The fourth-order valence-electron chi connectivity index (χ4n) is 1.64. The highest BCUT2D eigenvalue weighted by molar-refractivity contribution is 7.90. The molecule has 0 aliphatic heterocycles. The van der Waals surface area contributed by atoms with Gasteiger partial charge in [-0.15, -0.1) is 0 Å². The van der Waals surface area contributed by atoms with Crippen molar-refractivity contribution in [3.05, 3.63) is 29.8 Å². The van der Waals surface area contributed by atoms with Crippen molar-refractivity contribution in [3.63, 3.8) is 0 Å². The van der Waals surface area contributed by atoms with Gasteiger partial charge in [0.25, 0.3) is 0 Å². The van der Waals surface area contributed by atoms with Crippen LogP contribution in [0.4, 0.5) is 0 Å². The molecule has 0 aliphatic carbocycles. The molecule has 4 nitrogen and oxygen atoms in total. The third-order valence-corrected chi connectivity index (χ3v) is 3.82. The smallest absolute Gasteiger partial charge is 0.175 e. The molecule has 3 N–H and O–H groups in total. The van der Waals surface area contributed by atoms with E-state index >= 15 is 0 Å². The third-order valence-electron chi connectivity index (χ3n) is 2.69. The zero-order valence-electron chi connectivity index (χ0n) is 11.0. The van der Waals surface area contributed by atoms with E-state index in [0.717, 1.165) is 31.5 Å². The Labute approximate surface area is 110 Å². The lowest BCUT2D eigenvalue weighted by Gasteiger charge is -2.07. The van der Waals surface area contributed by atoms with Gasteiger partial charge in [0.15, 0.2) is 9.84 Å². The largest absolute Gasteiger partial charge is 0.328 e. The number of sulfone groups is 1. The Hall–Kier alpha value is -0.910. The Kier molecular flexibility index (Phi) is 5.78. The van der Waals surface area contributed by atoms with Gasteiger partial charge in [-0.05, 0) is 44.0 Å². The van der Waals surface area contributed by atoms with Crippen molar-refractivity contribution in [2.75, 3.05) is 12.8 Å². The monoisotopic (exact) mass is 270 g/mol. The first-order valence-corrected chi connectivity index (χ1v) is 8.04. The molecule has 0 spiro atoms. The normalized spacial score (nSPS) is 13.5. The van der Waals surface area contributed by atoms with E-state index in [2.05, 4.69) is 5.32 Å². The molecular formula is C13H22N2O2S. The summed E-state index contributed by atoms with van der Waals surface area (Å²) >= 11 is 0. The molecule has 5 heteroatoms. The van der Waals surface area contributed by atoms with Gasteiger partial charge in [-0.1, -0.05) is 12.1 Å². The van der Waals surface area contributed by atoms with Crippen LogP contribution in [0, 0.1) is 0 Å². The molecular weight excluding hydrogens is 248 g/mol. The molecule has 0 saturated carbocycles. The fraction of sp³-hybridized carbons (Fsp3) is 0.538. The van der Waals surface area contributed by atoms with Crippen LogP contribution in [0.1, 0.15) is 25.3 Å². The summed E-state index contributed by atoms with van der Waals surface area (Å²) in [5.74, 6) is 0. The van der Waals surface area contributed by atoms with Gasteiger partial charge in [-0.3, -0.25) is 0 Å². The van der Waals surface area contributed by atoms with Gasteiger partial charge in [0.1, 0.15) is 0 Å². The molecule has 0 bridgehead atoms. The van der Waals surface area contributed by atoms with Crippen molar-refractivity contribution in [1.82, 2.24) is 5.32 Å². The van der Waals surface area contributed by atoms with Gasteiger partial charge in [0.05, 0.1) is 4.90 Å². The Morgan fingerprint density at radius 2 is 1.89 bits per heavy atom. The maximum Gasteiger partial charge on any atom is 0.175 e. The minimum absolute atomic E-state index is 0.251. The fourth-order valence-corrected chi connectivity index (χ4v) is 2.27. The van der Waals surface area contributed by atoms with Crippen molar-refractivity contribution in [2.45, 2.75) is 37.2 Å². The van der Waals surface area contributed by atoms with Crippen LogP contribution >= 0.6 is 0 Å². The minimum Gasteiger partial charge on any atom is -0.328 e. The van der Waals surface area contributed by atoms with Crippen LogP contribution < -0.4 is 11.1 Å². The van der Waals surface area contributed by atoms with E-state index in [-0.39, 0.29) is 6.04 Å². The summed E-state index contributed by atoms with van der Waals surface area (Å²) < 4.78 is 22.6. The highest BCUT2D eigenvalue weighted by Gasteiger charge is 2.05. The van der Waals surface area contributed by atoms with E-state index in [1.54, 1.807) is 12.1 Å². The van der Waals surface area contributed by atoms with Gasteiger partial charge in [0, 0.05) is 18.8 Å². The molecule has 102 valence electrons. The van der Waals surface area contributed by atoms with Gasteiger partial charge in [-0.2, -0.15) is 0 Å². The van der Waals surface area contributed by atoms with Crippen molar-refractivity contribution in [1.29, 1.82) is 0 Å². The van der Waals surface area contributed by atoms with Crippen LogP contribution in [-0.2, 0) is 16.4 Å². The molecule has 1 atom stereocenters. The van der Waals surface area contributed by atoms with Gasteiger partial charge in [0.2, 0.25) is 0 Å². The van der Waals surface area contributed by atoms with Crippen LogP contribution in [0.25, 0.3) is 0 Å². The number of benzene rings is 1. The summed E-state index contributed by atoms with van der Waals surface area (Å²) in [6.45, 7) is 3.68.